The highest BCUT2D eigenvalue weighted by Crippen LogP contribution is 2.25. The summed E-state index contributed by atoms with van der Waals surface area (Å²) in [6.45, 7) is 1.92. The van der Waals surface area contributed by atoms with Gasteiger partial charge in [0.05, 0.1) is 5.56 Å². The summed E-state index contributed by atoms with van der Waals surface area (Å²) in [5, 5.41) is 16.6. The van der Waals surface area contributed by atoms with Crippen LogP contribution in [0.5, 0.6) is 0 Å². The van der Waals surface area contributed by atoms with E-state index in [1.165, 1.54) is 11.3 Å². The minimum absolute atomic E-state index is 0.326. The molecule has 1 aromatic carbocycles. The molecule has 0 aliphatic rings. The largest absolute Gasteiger partial charge is 0.478 e. The van der Waals surface area contributed by atoms with Crippen molar-refractivity contribution in [3.8, 4) is 0 Å². The molecular formula is C11H10N2O2S2. The standard InChI is InChI=1S/C11H10N2O2S2/c1-7-4-8(10(14)15)2-3-9(7)5-16-11-13-12-6-17-11/h2-4,6H,5H2,1H3,(H,14,15). The molecule has 0 aliphatic heterocycles. The van der Waals surface area contributed by atoms with Crippen LogP contribution in [-0.2, 0) is 5.75 Å². The second-order valence-corrected chi connectivity index (χ2v) is 5.50. The predicted molar refractivity (Wildman–Crippen MR) is 67.6 cm³/mol. The molecule has 1 heterocycles. The quantitative estimate of drug-likeness (QED) is 0.862. The maximum Gasteiger partial charge on any atom is 0.335 e. The van der Waals surface area contributed by atoms with Crippen molar-refractivity contribution in [2.75, 3.05) is 0 Å². The summed E-state index contributed by atoms with van der Waals surface area (Å²) in [4.78, 5) is 10.8. The number of carboxylic acid groups (broad SMARTS) is 1. The van der Waals surface area contributed by atoms with Gasteiger partial charge in [0.1, 0.15) is 5.51 Å². The number of thioether (sulfide) groups is 1. The van der Waals surface area contributed by atoms with Crippen molar-refractivity contribution in [2.45, 2.75) is 17.0 Å². The van der Waals surface area contributed by atoms with E-state index >= 15 is 0 Å². The van der Waals surface area contributed by atoms with Crippen LogP contribution in [0.2, 0.25) is 0 Å². The second-order valence-electron chi connectivity index (χ2n) is 3.44. The molecule has 4 nitrogen and oxygen atoms in total. The highest BCUT2D eigenvalue weighted by molar-refractivity contribution is 8.00. The number of aromatic nitrogens is 2. The molecule has 0 spiro atoms. The van der Waals surface area contributed by atoms with Gasteiger partial charge in [-0.25, -0.2) is 4.79 Å². The Morgan fingerprint density at radius 1 is 1.53 bits per heavy atom. The maximum atomic E-state index is 10.8. The zero-order chi connectivity index (χ0) is 12.3. The lowest BCUT2D eigenvalue weighted by molar-refractivity contribution is 0.0697. The minimum atomic E-state index is -0.892. The van der Waals surface area contributed by atoms with Gasteiger partial charge in [0.2, 0.25) is 0 Å². The Bertz CT molecular complexity index is 526. The van der Waals surface area contributed by atoms with Crippen LogP contribution in [0.1, 0.15) is 21.5 Å². The van der Waals surface area contributed by atoms with E-state index in [2.05, 4.69) is 10.2 Å². The summed E-state index contributed by atoms with van der Waals surface area (Å²) >= 11 is 3.11. The summed E-state index contributed by atoms with van der Waals surface area (Å²) in [6.07, 6.45) is 0. The van der Waals surface area contributed by atoms with E-state index in [1.54, 1.807) is 29.4 Å². The topological polar surface area (TPSA) is 63.1 Å². The van der Waals surface area contributed by atoms with Gasteiger partial charge in [-0.05, 0) is 30.2 Å². The smallest absolute Gasteiger partial charge is 0.335 e. The van der Waals surface area contributed by atoms with E-state index in [0.29, 0.717) is 5.56 Å². The van der Waals surface area contributed by atoms with Crippen molar-refractivity contribution >= 4 is 29.1 Å². The molecule has 0 aliphatic carbocycles. The summed E-state index contributed by atoms with van der Waals surface area (Å²) in [7, 11) is 0. The first-order valence-corrected chi connectivity index (χ1v) is 6.75. The number of aromatic carboxylic acids is 1. The first kappa shape index (κ1) is 12.1. The van der Waals surface area contributed by atoms with Crippen molar-refractivity contribution in [3.63, 3.8) is 0 Å². The highest BCUT2D eigenvalue weighted by atomic mass is 32.2. The number of carbonyl (C=O) groups is 1. The third kappa shape index (κ3) is 3.04. The molecule has 0 saturated heterocycles. The monoisotopic (exact) mass is 266 g/mol. The molecular weight excluding hydrogens is 256 g/mol. The fourth-order valence-electron chi connectivity index (χ4n) is 1.36. The molecule has 0 radical (unpaired) electrons. The van der Waals surface area contributed by atoms with Gasteiger partial charge in [-0.15, -0.1) is 10.2 Å². The Hall–Kier alpha value is -1.40. The summed E-state index contributed by atoms with van der Waals surface area (Å²) in [5.41, 5.74) is 4.13. The van der Waals surface area contributed by atoms with Crippen LogP contribution in [0.3, 0.4) is 0 Å². The lowest BCUT2D eigenvalue weighted by atomic mass is 10.1. The third-order valence-corrected chi connectivity index (χ3v) is 4.19. The molecule has 6 heteroatoms. The van der Waals surface area contributed by atoms with Gasteiger partial charge in [-0.2, -0.15) is 0 Å². The molecule has 88 valence electrons. The van der Waals surface area contributed by atoms with Crippen molar-refractivity contribution in [2.24, 2.45) is 0 Å². The van der Waals surface area contributed by atoms with Crippen LogP contribution in [0.4, 0.5) is 0 Å². The molecule has 1 N–H and O–H groups in total. The van der Waals surface area contributed by atoms with Gasteiger partial charge in [0.25, 0.3) is 0 Å². The molecule has 0 atom stereocenters. The van der Waals surface area contributed by atoms with Gasteiger partial charge in [-0.3, -0.25) is 0 Å². The van der Waals surface area contributed by atoms with Gasteiger partial charge in [0, 0.05) is 5.75 Å². The lowest BCUT2D eigenvalue weighted by Gasteiger charge is -2.05. The third-order valence-electron chi connectivity index (χ3n) is 2.28. The summed E-state index contributed by atoms with van der Waals surface area (Å²) < 4.78 is 0.923. The van der Waals surface area contributed by atoms with Crippen LogP contribution in [-0.4, -0.2) is 21.3 Å². The van der Waals surface area contributed by atoms with Crippen LogP contribution in [0, 0.1) is 6.92 Å². The normalized spacial score (nSPS) is 10.4. The molecule has 0 bridgehead atoms. The van der Waals surface area contributed by atoms with Crippen LogP contribution in [0.15, 0.2) is 28.0 Å². The molecule has 0 saturated carbocycles. The Balaban J connectivity index is 2.09. The Kier molecular flexibility index (Phi) is 3.75. The number of rotatable bonds is 4. The molecule has 0 fully saturated rings. The fourth-order valence-corrected chi connectivity index (χ4v) is 2.92. The predicted octanol–water partition coefficient (Wildman–Crippen LogP) is 2.84. The fraction of sp³-hybridized carbons (Fsp3) is 0.182. The molecule has 2 rings (SSSR count). The Morgan fingerprint density at radius 3 is 2.94 bits per heavy atom. The van der Waals surface area contributed by atoms with Crippen molar-refractivity contribution < 1.29 is 9.90 Å². The first-order valence-electron chi connectivity index (χ1n) is 4.88. The summed E-state index contributed by atoms with van der Waals surface area (Å²) in [5.74, 6) is -0.114. The van der Waals surface area contributed by atoms with E-state index in [1.807, 2.05) is 13.0 Å². The SMILES string of the molecule is Cc1cc(C(=O)O)ccc1CSc1nncs1. The molecule has 17 heavy (non-hydrogen) atoms. The van der Waals surface area contributed by atoms with Crippen molar-refractivity contribution in [3.05, 3.63) is 40.4 Å². The number of carboxylic acids is 1. The van der Waals surface area contributed by atoms with Crippen LogP contribution in [0.25, 0.3) is 0 Å². The number of aryl methyl sites for hydroxylation is 1. The van der Waals surface area contributed by atoms with E-state index in [9.17, 15) is 4.79 Å². The van der Waals surface area contributed by atoms with Crippen molar-refractivity contribution in [1.29, 1.82) is 0 Å². The average molecular weight is 266 g/mol. The molecule has 0 amide bonds. The zero-order valence-corrected chi connectivity index (χ0v) is 10.7. The van der Waals surface area contributed by atoms with E-state index in [-0.39, 0.29) is 0 Å². The molecule has 0 unspecified atom stereocenters. The Labute approximate surface area is 107 Å². The zero-order valence-electron chi connectivity index (χ0n) is 9.08. The van der Waals surface area contributed by atoms with E-state index < -0.39 is 5.97 Å². The van der Waals surface area contributed by atoms with E-state index in [4.69, 9.17) is 5.11 Å². The first-order chi connectivity index (χ1) is 8.16. The number of hydrogen-bond acceptors (Lipinski definition) is 5. The minimum Gasteiger partial charge on any atom is -0.478 e. The van der Waals surface area contributed by atoms with E-state index in [0.717, 1.165) is 21.2 Å². The highest BCUT2D eigenvalue weighted by Gasteiger charge is 2.06. The number of nitrogens with zero attached hydrogens (tertiary/aromatic N) is 2. The number of benzene rings is 1. The molecule has 1 aromatic heterocycles. The van der Waals surface area contributed by atoms with Crippen molar-refractivity contribution in [1.82, 2.24) is 10.2 Å². The second kappa shape index (κ2) is 5.29. The maximum absolute atomic E-state index is 10.8. The molecule has 2 aromatic rings. The van der Waals surface area contributed by atoms with Gasteiger partial charge in [0.15, 0.2) is 4.34 Å². The lowest BCUT2D eigenvalue weighted by Crippen LogP contribution is -1.98. The van der Waals surface area contributed by atoms with Crippen LogP contribution >= 0.6 is 23.1 Å². The Morgan fingerprint density at radius 2 is 2.35 bits per heavy atom. The van der Waals surface area contributed by atoms with Gasteiger partial charge in [-0.1, -0.05) is 29.2 Å². The van der Waals surface area contributed by atoms with Gasteiger partial charge >= 0.3 is 5.97 Å². The summed E-state index contributed by atoms with van der Waals surface area (Å²) in [6, 6.07) is 5.18. The van der Waals surface area contributed by atoms with Crippen LogP contribution < -0.4 is 0 Å². The average Bonchev–Trinajstić information content (AvgIpc) is 2.80. The van der Waals surface area contributed by atoms with Gasteiger partial charge < -0.3 is 5.11 Å². The number of hydrogen-bond donors (Lipinski definition) is 1.